The van der Waals surface area contributed by atoms with E-state index >= 15 is 0 Å². The number of benzene rings is 1. The maximum Gasteiger partial charge on any atom is 0.128 e. The van der Waals surface area contributed by atoms with E-state index in [0.29, 0.717) is 12.2 Å². The minimum Gasteiger partial charge on any atom is -0.380 e. The zero-order chi connectivity index (χ0) is 8.97. The lowest BCUT2D eigenvalue weighted by Gasteiger charge is -2.03. The fraction of sp³-hybridized carbons (Fsp3) is 0.400. The molecule has 1 rings (SSSR count). The van der Waals surface area contributed by atoms with Crippen LogP contribution < -0.4 is 0 Å². The Kier molecular flexibility index (Phi) is 3.23. The van der Waals surface area contributed by atoms with Gasteiger partial charge in [-0.25, -0.2) is 4.39 Å². The van der Waals surface area contributed by atoms with Gasteiger partial charge in [0.05, 0.1) is 6.61 Å². The first-order chi connectivity index (χ1) is 5.77. The lowest BCUT2D eigenvalue weighted by atomic mass is 10.1. The van der Waals surface area contributed by atoms with Crippen LogP contribution in [-0.4, -0.2) is 7.11 Å². The lowest BCUT2D eigenvalue weighted by molar-refractivity contribution is 0.181. The van der Waals surface area contributed by atoms with E-state index in [0.717, 1.165) is 12.0 Å². The molecule has 66 valence electrons. The normalized spacial score (nSPS) is 10.2. The van der Waals surface area contributed by atoms with Gasteiger partial charge >= 0.3 is 0 Å². The smallest absolute Gasteiger partial charge is 0.128 e. The van der Waals surface area contributed by atoms with Crippen LogP contribution in [0.1, 0.15) is 18.1 Å². The topological polar surface area (TPSA) is 9.23 Å². The SMILES string of the molecule is CCc1ccc(F)c(COC)c1. The third-order valence-corrected chi connectivity index (χ3v) is 1.82. The van der Waals surface area contributed by atoms with Crippen LogP contribution in [0.15, 0.2) is 18.2 Å². The molecule has 0 atom stereocenters. The molecule has 0 radical (unpaired) electrons. The Labute approximate surface area is 72.2 Å². The van der Waals surface area contributed by atoms with Crippen LogP contribution in [-0.2, 0) is 17.8 Å². The molecule has 0 aliphatic rings. The molecule has 2 heteroatoms. The van der Waals surface area contributed by atoms with Crippen molar-refractivity contribution in [3.05, 3.63) is 35.1 Å². The van der Waals surface area contributed by atoms with Gasteiger partial charge in [-0.2, -0.15) is 0 Å². The maximum absolute atomic E-state index is 13.0. The van der Waals surface area contributed by atoms with Gasteiger partial charge < -0.3 is 4.74 Å². The average molecular weight is 168 g/mol. The van der Waals surface area contributed by atoms with Crippen LogP contribution >= 0.6 is 0 Å². The number of hydrogen-bond acceptors (Lipinski definition) is 1. The standard InChI is InChI=1S/C10H13FO/c1-3-8-4-5-10(11)9(6-8)7-12-2/h4-6H,3,7H2,1-2H3. The highest BCUT2D eigenvalue weighted by molar-refractivity contribution is 5.24. The van der Waals surface area contributed by atoms with Gasteiger partial charge in [-0.3, -0.25) is 0 Å². The van der Waals surface area contributed by atoms with Crippen LogP contribution in [0.5, 0.6) is 0 Å². The van der Waals surface area contributed by atoms with Crippen molar-refractivity contribution >= 4 is 0 Å². The van der Waals surface area contributed by atoms with Crippen molar-refractivity contribution in [1.29, 1.82) is 0 Å². The second kappa shape index (κ2) is 4.21. The molecule has 1 aromatic rings. The van der Waals surface area contributed by atoms with Crippen molar-refractivity contribution in [3.8, 4) is 0 Å². The third-order valence-electron chi connectivity index (χ3n) is 1.82. The van der Waals surface area contributed by atoms with E-state index in [2.05, 4.69) is 0 Å². The molecule has 1 nitrogen and oxygen atoms in total. The summed E-state index contributed by atoms with van der Waals surface area (Å²) in [5.41, 5.74) is 1.78. The molecular formula is C10H13FO. The first kappa shape index (κ1) is 9.20. The van der Waals surface area contributed by atoms with Crippen LogP contribution in [0.3, 0.4) is 0 Å². The largest absolute Gasteiger partial charge is 0.380 e. The van der Waals surface area contributed by atoms with E-state index in [-0.39, 0.29) is 5.82 Å². The molecule has 0 N–H and O–H groups in total. The summed E-state index contributed by atoms with van der Waals surface area (Å²) in [6.45, 7) is 2.39. The monoisotopic (exact) mass is 168 g/mol. The lowest BCUT2D eigenvalue weighted by Crippen LogP contribution is -1.94. The number of halogens is 1. The first-order valence-corrected chi connectivity index (χ1v) is 4.04. The molecule has 12 heavy (non-hydrogen) atoms. The Morgan fingerprint density at radius 3 is 2.75 bits per heavy atom. The number of methoxy groups -OCH3 is 1. The highest BCUT2D eigenvalue weighted by atomic mass is 19.1. The molecule has 0 spiro atoms. The molecule has 0 fully saturated rings. The molecule has 0 bridgehead atoms. The Balaban J connectivity index is 2.91. The molecule has 0 amide bonds. The summed E-state index contributed by atoms with van der Waals surface area (Å²) in [5.74, 6) is -0.186. The highest BCUT2D eigenvalue weighted by Crippen LogP contribution is 2.11. The summed E-state index contributed by atoms with van der Waals surface area (Å²) in [6, 6.07) is 5.14. The molecule has 1 aromatic carbocycles. The van der Waals surface area contributed by atoms with Crippen LogP contribution in [0, 0.1) is 5.82 Å². The van der Waals surface area contributed by atoms with E-state index < -0.39 is 0 Å². The van der Waals surface area contributed by atoms with Crippen molar-refractivity contribution < 1.29 is 9.13 Å². The van der Waals surface area contributed by atoms with Crippen LogP contribution in [0.25, 0.3) is 0 Å². The van der Waals surface area contributed by atoms with Gasteiger partial charge in [-0.15, -0.1) is 0 Å². The minimum atomic E-state index is -0.186. The predicted molar refractivity (Wildman–Crippen MR) is 46.5 cm³/mol. The summed E-state index contributed by atoms with van der Waals surface area (Å²) in [4.78, 5) is 0. The molecule has 0 saturated carbocycles. The van der Waals surface area contributed by atoms with Crippen molar-refractivity contribution in [2.45, 2.75) is 20.0 Å². The number of aryl methyl sites for hydroxylation is 1. The van der Waals surface area contributed by atoms with Crippen LogP contribution in [0.2, 0.25) is 0 Å². The summed E-state index contributed by atoms with van der Waals surface area (Å²) in [5, 5.41) is 0. The molecule has 0 unspecified atom stereocenters. The minimum absolute atomic E-state index is 0.186. The molecule has 0 aliphatic heterocycles. The molecule has 0 saturated heterocycles. The van der Waals surface area contributed by atoms with E-state index in [4.69, 9.17) is 4.74 Å². The first-order valence-electron chi connectivity index (χ1n) is 4.04. The Morgan fingerprint density at radius 2 is 2.17 bits per heavy atom. The van der Waals surface area contributed by atoms with E-state index in [1.54, 1.807) is 13.2 Å². The summed E-state index contributed by atoms with van der Waals surface area (Å²) >= 11 is 0. The summed E-state index contributed by atoms with van der Waals surface area (Å²) in [7, 11) is 1.57. The van der Waals surface area contributed by atoms with Crippen molar-refractivity contribution in [1.82, 2.24) is 0 Å². The zero-order valence-electron chi connectivity index (χ0n) is 7.43. The fourth-order valence-electron chi connectivity index (χ4n) is 1.11. The van der Waals surface area contributed by atoms with Crippen LogP contribution in [0.4, 0.5) is 4.39 Å². The summed E-state index contributed by atoms with van der Waals surface area (Å²) < 4.78 is 17.9. The van der Waals surface area contributed by atoms with Gasteiger partial charge in [0.1, 0.15) is 5.82 Å². The van der Waals surface area contributed by atoms with E-state index in [1.807, 2.05) is 13.0 Å². The average Bonchev–Trinajstić information content (AvgIpc) is 2.09. The third kappa shape index (κ3) is 2.05. The number of hydrogen-bond donors (Lipinski definition) is 0. The molecular weight excluding hydrogens is 155 g/mol. The van der Waals surface area contributed by atoms with Gasteiger partial charge in [0.15, 0.2) is 0 Å². The fourth-order valence-corrected chi connectivity index (χ4v) is 1.11. The van der Waals surface area contributed by atoms with Gasteiger partial charge in [-0.1, -0.05) is 19.1 Å². The van der Waals surface area contributed by atoms with Gasteiger partial charge in [-0.05, 0) is 18.1 Å². The van der Waals surface area contributed by atoms with Gasteiger partial charge in [0.2, 0.25) is 0 Å². The van der Waals surface area contributed by atoms with Crippen molar-refractivity contribution in [2.24, 2.45) is 0 Å². The quantitative estimate of drug-likeness (QED) is 0.674. The van der Waals surface area contributed by atoms with Crippen molar-refractivity contribution in [2.75, 3.05) is 7.11 Å². The zero-order valence-corrected chi connectivity index (χ0v) is 7.43. The Morgan fingerprint density at radius 1 is 1.42 bits per heavy atom. The Hall–Kier alpha value is -0.890. The van der Waals surface area contributed by atoms with Crippen molar-refractivity contribution in [3.63, 3.8) is 0 Å². The summed E-state index contributed by atoms with van der Waals surface area (Å²) in [6.07, 6.45) is 0.928. The Bertz CT molecular complexity index is 258. The maximum atomic E-state index is 13.0. The number of rotatable bonds is 3. The highest BCUT2D eigenvalue weighted by Gasteiger charge is 2.01. The molecule has 0 heterocycles. The van der Waals surface area contributed by atoms with E-state index in [9.17, 15) is 4.39 Å². The second-order valence-electron chi connectivity index (χ2n) is 2.71. The molecule has 0 aromatic heterocycles. The van der Waals surface area contributed by atoms with Gasteiger partial charge in [0, 0.05) is 12.7 Å². The van der Waals surface area contributed by atoms with Gasteiger partial charge in [0.25, 0.3) is 0 Å². The number of ether oxygens (including phenoxy) is 1. The second-order valence-corrected chi connectivity index (χ2v) is 2.71. The molecule has 0 aliphatic carbocycles. The van der Waals surface area contributed by atoms with E-state index in [1.165, 1.54) is 6.07 Å². The predicted octanol–water partition coefficient (Wildman–Crippen LogP) is 2.53.